The highest BCUT2D eigenvalue weighted by atomic mass is 16.5. The summed E-state index contributed by atoms with van der Waals surface area (Å²) in [6.45, 7) is 0.908. The molecule has 1 heterocycles. The topological polar surface area (TPSA) is 73.6 Å². The minimum atomic E-state index is -0.907. The molecule has 0 spiro atoms. The minimum absolute atomic E-state index is 0.0981. The van der Waals surface area contributed by atoms with E-state index in [1.807, 2.05) is 6.07 Å². The van der Waals surface area contributed by atoms with Gasteiger partial charge in [0.2, 0.25) is 0 Å². The molecule has 88 valence electrons. The number of hydrogen-bond acceptors (Lipinski definition) is 3. The summed E-state index contributed by atoms with van der Waals surface area (Å²) in [6.07, 6.45) is -0.304. The molecule has 17 heavy (non-hydrogen) atoms. The van der Waals surface area contributed by atoms with E-state index >= 15 is 0 Å². The molecule has 1 fully saturated rings. The van der Waals surface area contributed by atoms with E-state index in [0.717, 1.165) is 0 Å². The Morgan fingerprint density at radius 3 is 2.71 bits per heavy atom. The van der Waals surface area contributed by atoms with Gasteiger partial charge in [0.25, 0.3) is 0 Å². The average molecular weight is 232 g/mol. The van der Waals surface area contributed by atoms with Gasteiger partial charge in [-0.2, -0.15) is 5.26 Å². The summed E-state index contributed by atoms with van der Waals surface area (Å²) in [5.74, 6) is 0.668. The first kappa shape index (κ1) is 11.3. The van der Waals surface area contributed by atoms with Gasteiger partial charge in [-0.1, -0.05) is 0 Å². The number of likely N-dealkylation sites (tertiary alicyclic amines) is 1. The Balaban J connectivity index is 1.94. The number of hydrogen-bond donors (Lipinski definition) is 1. The first-order valence-electron chi connectivity index (χ1n) is 5.34. The van der Waals surface area contributed by atoms with Gasteiger partial charge < -0.3 is 14.7 Å². The number of nitrogens with zero attached hydrogens (tertiary/aromatic N) is 2. The Bertz CT molecular complexity index is 450. The van der Waals surface area contributed by atoms with Crippen molar-refractivity contribution in [1.82, 2.24) is 4.90 Å². The van der Waals surface area contributed by atoms with Crippen LogP contribution in [0.2, 0.25) is 0 Å². The van der Waals surface area contributed by atoms with E-state index in [4.69, 9.17) is 15.1 Å². The van der Waals surface area contributed by atoms with Crippen molar-refractivity contribution in [3.05, 3.63) is 29.8 Å². The molecule has 1 aliphatic rings. The molecular weight excluding hydrogens is 220 g/mol. The van der Waals surface area contributed by atoms with Crippen molar-refractivity contribution < 1.29 is 14.6 Å². The second-order valence-corrected chi connectivity index (χ2v) is 3.89. The summed E-state index contributed by atoms with van der Waals surface area (Å²) < 4.78 is 5.64. The number of benzene rings is 1. The maximum atomic E-state index is 10.7. The van der Waals surface area contributed by atoms with Gasteiger partial charge in [0.15, 0.2) is 0 Å². The van der Waals surface area contributed by atoms with Crippen molar-refractivity contribution in [2.75, 3.05) is 13.1 Å². The molecule has 0 bridgehead atoms. The zero-order chi connectivity index (χ0) is 12.3. The van der Waals surface area contributed by atoms with Crippen LogP contribution in [0, 0.1) is 11.3 Å². The molecule has 1 atom stereocenters. The molecule has 1 N–H and O–H groups in total. The van der Waals surface area contributed by atoms with Crippen LogP contribution in [0.1, 0.15) is 12.0 Å². The molecule has 1 saturated heterocycles. The van der Waals surface area contributed by atoms with Crippen LogP contribution in [0.4, 0.5) is 4.79 Å². The fourth-order valence-electron chi connectivity index (χ4n) is 1.80. The van der Waals surface area contributed by atoms with Crippen LogP contribution in [-0.2, 0) is 0 Å². The zero-order valence-corrected chi connectivity index (χ0v) is 9.17. The second kappa shape index (κ2) is 4.74. The summed E-state index contributed by atoms with van der Waals surface area (Å²) in [4.78, 5) is 12.1. The van der Waals surface area contributed by atoms with Crippen molar-refractivity contribution in [2.45, 2.75) is 12.5 Å². The summed E-state index contributed by atoms with van der Waals surface area (Å²) in [6, 6.07) is 8.84. The normalized spacial score (nSPS) is 18.8. The lowest BCUT2D eigenvalue weighted by atomic mass is 10.2. The molecule has 0 unspecified atom stereocenters. The van der Waals surface area contributed by atoms with Crippen LogP contribution in [0.5, 0.6) is 5.75 Å². The van der Waals surface area contributed by atoms with E-state index in [0.29, 0.717) is 30.8 Å². The fraction of sp³-hybridized carbons (Fsp3) is 0.333. The highest BCUT2D eigenvalue weighted by Crippen LogP contribution is 2.18. The van der Waals surface area contributed by atoms with Crippen LogP contribution in [0.15, 0.2) is 24.3 Å². The van der Waals surface area contributed by atoms with Gasteiger partial charge in [-0.05, 0) is 24.3 Å². The first-order valence-corrected chi connectivity index (χ1v) is 5.34. The summed E-state index contributed by atoms with van der Waals surface area (Å²) in [7, 11) is 0. The van der Waals surface area contributed by atoms with Gasteiger partial charge in [-0.15, -0.1) is 0 Å². The van der Waals surface area contributed by atoms with E-state index in [-0.39, 0.29) is 6.10 Å². The van der Waals surface area contributed by atoms with Gasteiger partial charge >= 0.3 is 6.09 Å². The van der Waals surface area contributed by atoms with E-state index in [1.54, 1.807) is 24.3 Å². The maximum Gasteiger partial charge on any atom is 0.407 e. The van der Waals surface area contributed by atoms with Crippen molar-refractivity contribution >= 4 is 6.09 Å². The van der Waals surface area contributed by atoms with E-state index < -0.39 is 6.09 Å². The summed E-state index contributed by atoms with van der Waals surface area (Å²) >= 11 is 0. The van der Waals surface area contributed by atoms with E-state index in [9.17, 15) is 4.79 Å². The Morgan fingerprint density at radius 2 is 2.18 bits per heavy atom. The van der Waals surface area contributed by atoms with Gasteiger partial charge in [-0.3, -0.25) is 0 Å². The van der Waals surface area contributed by atoms with Crippen molar-refractivity contribution in [3.63, 3.8) is 0 Å². The molecule has 1 amide bonds. The van der Waals surface area contributed by atoms with Crippen molar-refractivity contribution in [3.8, 4) is 11.8 Å². The minimum Gasteiger partial charge on any atom is -0.489 e. The molecule has 0 radical (unpaired) electrons. The number of carbonyl (C=O) groups is 1. The standard InChI is InChI=1S/C12H12N2O3/c13-7-9-1-3-10(4-2-9)17-11-5-6-14(8-11)12(15)16/h1-4,11H,5-6,8H2,(H,15,16)/t11-/m0/s1. The molecular formula is C12H12N2O3. The third kappa shape index (κ3) is 2.67. The lowest BCUT2D eigenvalue weighted by Crippen LogP contribution is -2.29. The Morgan fingerprint density at radius 1 is 1.47 bits per heavy atom. The Hall–Kier alpha value is -2.22. The van der Waals surface area contributed by atoms with E-state index in [1.165, 1.54) is 4.90 Å². The fourth-order valence-corrected chi connectivity index (χ4v) is 1.80. The number of carboxylic acid groups (broad SMARTS) is 1. The van der Waals surface area contributed by atoms with Crippen LogP contribution < -0.4 is 4.74 Å². The summed E-state index contributed by atoms with van der Waals surface area (Å²) in [5, 5.41) is 17.4. The molecule has 0 aromatic heterocycles. The molecule has 1 aromatic carbocycles. The largest absolute Gasteiger partial charge is 0.489 e. The monoisotopic (exact) mass is 232 g/mol. The van der Waals surface area contributed by atoms with Crippen LogP contribution >= 0.6 is 0 Å². The van der Waals surface area contributed by atoms with Crippen LogP contribution in [-0.4, -0.2) is 35.3 Å². The second-order valence-electron chi connectivity index (χ2n) is 3.89. The smallest absolute Gasteiger partial charge is 0.407 e. The quantitative estimate of drug-likeness (QED) is 0.842. The lowest BCUT2D eigenvalue weighted by Gasteiger charge is -2.14. The number of nitriles is 1. The van der Waals surface area contributed by atoms with Crippen LogP contribution in [0.25, 0.3) is 0 Å². The van der Waals surface area contributed by atoms with Gasteiger partial charge in [0, 0.05) is 13.0 Å². The molecule has 5 heteroatoms. The molecule has 5 nitrogen and oxygen atoms in total. The number of amides is 1. The Kier molecular flexibility index (Phi) is 3.15. The first-order chi connectivity index (χ1) is 8.19. The number of ether oxygens (including phenoxy) is 1. The molecule has 0 saturated carbocycles. The van der Waals surface area contributed by atoms with Gasteiger partial charge in [0.05, 0.1) is 18.2 Å². The van der Waals surface area contributed by atoms with Crippen molar-refractivity contribution in [1.29, 1.82) is 5.26 Å². The number of rotatable bonds is 2. The predicted octanol–water partition coefficient (Wildman–Crippen LogP) is 1.69. The summed E-state index contributed by atoms with van der Waals surface area (Å²) in [5.41, 5.74) is 0.580. The third-order valence-corrected chi connectivity index (χ3v) is 2.70. The highest BCUT2D eigenvalue weighted by Gasteiger charge is 2.27. The lowest BCUT2D eigenvalue weighted by molar-refractivity contribution is 0.145. The molecule has 2 rings (SSSR count). The molecule has 0 aliphatic carbocycles. The SMILES string of the molecule is N#Cc1ccc(O[C@H]2CCN(C(=O)O)C2)cc1. The predicted molar refractivity (Wildman–Crippen MR) is 59.8 cm³/mol. The van der Waals surface area contributed by atoms with Gasteiger partial charge in [0.1, 0.15) is 11.9 Å². The molecule has 1 aliphatic heterocycles. The zero-order valence-electron chi connectivity index (χ0n) is 9.17. The maximum absolute atomic E-state index is 10.7. The third-order valence-electron chi connectivity index (χ3n) is 2.70. The van der Waals surface area contributed by atoms with Crippen LogP contribution in [0.3, 0.4) is 0 Å². The van der Waals surface area contributed by atoms with Gasteiger partial charge in [-0.25, -0.2) is 4.79 Å². The average Bonchev–Trinajstić information content (AvgIpc) is 2.79. The van der Waals surface area contributed by atoms with E-state index in [2.05, 4.69) is 0 Å². The van der Waals surface area contributed by atoms with Crippen molar-refractivity contribution in [2.24, 2.45) is 0 Å². The highest BCUT2D eigenvalue weighted by molar-refractivity contribution is 5.65. The Labute approximate surface area is 98.8 Å². The molecule has 1 aromatic rings.